The second-order valence-corrected chi connectivity index (χ2v) is 8.24. The third kappa shape index (κ3) is 4.89. The lowest BCUT2D eigenvalue weighted by Gasteiger charge is -2.21. The van der Waals surface area contributed by atoms with E-state index >= 15 is 0 Å². The molecule has 0 atom stereocenters. The molecule has 3 N–H and O–H groups in total. The molecule has 2 rings (SSSR count). The van der Waals surface area contributed by atoms with E-state index in [2.05, 4.69) is 20.2 Å². The highest BCUT2D eigenvalue weighted by Crippen LogP contribution is 2.18. The number of hydrogen-bond acceptors (Lipinski definition) is 4. The van der Waals surface area contributed by atoms with E-state index in [1.165, 1.54) is 0 Å². The first-order valence-electron chi connectivity index (χ1n) is 7.50. The van der Waals surface area contributed by atoms with Crippen LogP contribution in [0.4, 0.5) is 0 Å². The van der Waals surface area contributed by atoms with Crippen molar-refractivity contribution in [3.05, 3.63) is 47.3 Å². The van der Waals surface area contributed by atoms with Gasteiger partial charge in [-0.2, -0.15) is 5.10 Å². The molecule has 7 heteroatoms. The molecule has 0 spiro atoms. The molecule has 1 heterocycles. The van der Waals surface area contributed by atoms with Crippen molar-refractivity contribution in [1.29, 1.82) is 0 Å². The molecule has 0 bridgehead atoms. The lowest BCUT2D eigenvalue weighted by atomic mass is 10.1. The van der Waals surface area contributed by atoms with Crippen molar-refractivity contribution in [3.63, 3.8) is 0 Å². The number of sulfonamides is 1. The standard InChI is InChI=1S/C16H24N4O2S/c1-12-14(11-18-19-12)10-17-9-13-7-5-6-8-15(13)23(21,22)20-16(2,3)4/h5-8,11,17,20H,9-10H2,1-4H3,(H,18,19). The summed E-state index contributed by atoms with van der Waals surface area (Å²) in [5, 5.41) is 10.1. The first-order valence-corrected chi connectivity index (χ1v) is 8.99. The minimum Gasteiger partial charge on any atom is -0.308 e. The zero-order chi connectivity index (χ0) is 17.1. The summed E-state index contributed by atoms with van der Waals surface area (Å²) in [5.41, 5.74) is 2.30. The number of nitrogens with one attached hydrogen (secondary N) is 3. The Labute approximate surface area is 137 Å². The van der Waals surface area contributed by atoms with E-state index in [0.717, 1.165) is 16.8 Å². The Morgan fingerprint density at radius 3 is 2.39 bits per heavy atom. The van der Waals surface area contributed by atoms with Crippen LogP contribution in [-0.2, 0) is 23.1 Å². The number of hydrogen-bond donors (Lipinski definition) is 3. The van der Waals surface area contributed by atoms with Gasteiger partial charge in [0.05, 0.1) is 11.1 Å². The lowest BCUT2D eigenvalue weighted by Crippen LogP contribution is -2.40. The van der Waals surface area contributed by atoms with Gasteiger partial charge in [0, 0.05) is 29.9 Å². The minimum atomic E-state index is -3.55. The van der Waals surface area contributed by atoms with Crippen molar-refractivity contribution in [1.82, 2.24) is 20.2 Å². The van der Waals surface area contributed by atoms with Crippen LogP contribution in [0.1, 0.15) is 37.6 Å². The van der Waals surface area contributed by atoms with Crippen LogP contribution in [0.3, 0.4) is 0 Å². The summed E-state index contributed by atoms with van der Waals surface area (Å²) < 4.78 is 27.8. The molecule has 2 aromatic rings. The summed E-state index contributed by atoms with van der Waals surface area (Å²) in [6, 6.07) is 7.04. The average Bonchev–Trinajstić information content (AvgIpc) is 2.82. The van der Waals surface area contributed by atoms with Crippen molar-refractivity contribution in [2.24, 2.45) is 0 Å². The van der Waals surface area contributed by atoms with Crippen molar-refractivity contribution in [3.8, 4) is 0 Å². The van der Waals surface area contributed by atoms with Crippen LogP contribution < -0.4 is 10.0 Å². The fraction of sp³-hybridized carbons (Fsp3) is 0.438. The van der Waals surface area contributed by atoms with Gasteiger partial charge in [-0.05, 0) is 39.3 Å². The highest BCUT2D eigenvalue weighted by molar-refractivity contribution is 7.89. The van der Waals surface area contributed by atoms with Gasteiger partial charge in [0.25, 0.3) is 0 Å². The topological polar surface area (TPSA) is 86.9 Å². The van der Waals surface area contributed by atoms with Gasteiger partial charge in [-0.1, -0.05) is 18.2 Å². The molecular weight excluding hydrogens is 312 g/mol. The predicted molar refractivity (Wildman–Crippen MR) is 90.4 cm³/mol. The van der Waals surface area contributed by atoms with E-state index in [-0.39, 0.29) is 0 Å². The third-order valence-corrected chi connectivity index (χ3v) is 5.13. The Bertz CT molecular complexity index is 760. The molecule has 1 aromatic carbocycles. The Hall–Kier alpha value is -1.70. The monoisotopic (exact) mass is 336 g/mol. The van der Waals surface area contributed by atoms with Gasteiger partial charge in [-0.25, -0.2) is 13.1 Å². The zero-order valence-corrected chi connectivity index (χ0v) is 14.8. The second kappa shape index (κ2) is 6.82. The van der Waals surface area contributed by atoms with Gasteiger partial charge >= 0.3 is 0 Å². The largest absolute Gasteiger partial charge is 0.308 e. The van der Waals surface area contributed by atoms with Crippen molar-refractivity contribution in [2.75, 3.05) is 0 Å². The molecule has 0 aliphatic rings. The number of aromatic nitrogens is 2. The number of aromatic amines is 1. The van der Waals surface area contributed by atoms with E-state index in [0.29, 0.717) is 18.0 Å². The number of aryl methyl sites for hydroxylation is 1. The molecule has 0 unspecified atom stereocenters. The highest BCUT2D eigenvalue weighted by Gasteiger charge is 2.24. The fourth-order valence-corrected chi connectivity index (χ4v) is 3.92. The van der Waals surface area contributed by atoms with Crippen LogP contribution in [0.5, 0.6) is 0 Å². The maximum absolute atomic E-state index is 12.6. The van der Waals surface area contributed by atoms with Crippen molar-refractivity contribution >= 4 is 10.0 Å². The number of H-pyrrole nitrogens is 1. The van der Waals surface area contributed by atoms with Crippen LogP contribution in [0, 0.1) is 6.92 Å². The SMILES string of the molecule is Cc1[nH]ncc1CNCc1ccccc1S(=O)(=O)NC(C)(C)C. The van der Waals surface area contributed by atoms with Crippen LogP contribution in [0.15, 0.2) is 35.4 Å². The molecule has 0 amide bonds. The molecule has 0 aliphatic heterocycles. The first kappa shape index (κ1) is 17.7. The Morgan fingerprint density at radius 2 is 1.78 bits per heavy atom. The van der Waals surface area contributed by atoms with Gasteiger partial charge in [-0.3, -0.25) is 5.10 Å². The summed E-state index contributed by atoms with van der Waals surface area (Å²) in [7, 11) is -3.55. The van der Waals surface area contributed by atoms with Gasteiger partial charge in [0.1, 0.15) is 0 Å². The number of rotatable bonds is 6. The molecule has 0 aliphatic carbocycles. The molecule has 6 nitrogen and oxygen atoms in total. The Balaban J connectivity index is 2.13. The van der Waals surface area contributed by atoms with Crippen molar-refractivity contribution in [2.45, 2.75) is 51.2 Å². The van der Waals surface area contributed by atoms with Crippen molar-refractivity contribution < 1.29 is 8.42 Å². The molecule has 1 aromatic heterocycles. The lowest BCUT2D eigenvalue weighted by molar-refractivity contribution is 0.490. The van der Waals surface area contributed by atoms with E-state index in [4.69, 9.17) is 0 Å². The molecular formula is C16H24N4O2S. The highest BCUT2D eigenvalue weighted by atomic mass is 32.2. The number of nitrogens with zero attached hydrogens (tertiary/aromatic N) is 1. The average molecular weight is 336 g/mol. The van der Waals surface area contributed by atoms with E-state index < -0.39 is 15.6 Å². The maximum atomic E-state index is 12.6. The maximum Gasteiger partial charge on any atom is 0.241 e. The molecule has 23 heavy (non-hydrogen) atoms. The van der Waals surface area contributed by atoms with Gasteiger partial charge in [-0.15, -0.1) is 0 Å². The first-order chi connectivity index (χ1) is 10.7. The second-order valence-electron chi connectivity index (χ2n) is 6.59. The molecule has 126 valence electrons. The summed E-state index contributed by atoms with van der Waals surface area (Å²) in [4.78, 5) is 0.311. The summed E-state index contributed by atoms with van der Waals surface area (Å²) in [6.45, 7) is 8.53. The van der Waals surface area contributed by atoms with E-state index in [1.807, 2.05) is 39.8 Å². The van der Waals surface area contributed by atoms with E-state index in [1.54, 1.807) is 18.3 Å². The van der Waals surface area contributed by atoms with Crippen LogP contribution in [0.25, 0.3) is 0 Å². The smallest absolute Gasteiger partial charge is 0.241 e. The minimum absolute atomic E-state index is 0.311. The number of benzene rings is 1. The molecule has 0 saturated heterocycles. The normalized spacial score (nSPS) is 12.5. The van der Waals surface area contributed by atoms with Crippen LogP contribution in [0.2, 0.25) is 0 Å². The zero-order valence-electron chi connectivity index (χ0n) is 14.0. The summed E-state index contributed by atoms with van der Waals surface area (Å²) in [5.74, 6) is 0. The third-order valence-electron chi connectivity index (χ3n) is 3.27. The Kier molecular flexibility index (Phi) is 5.23. The van der Waals surface area contributed by atoms with Gasteiger partial charge in [0.2, 0.25) is 10.0 Å². The fourth-order valence-electron chi connectivity index (χ4n) is 2.26. The quantitative estimate of drug-likeness (QED) is 0.754. The van der Waals surface area contributed by atoms with Crippen LogP contribution in [-0.4, -0.2) is 24.2 Å². The molecule has 0 fully saturated rings. The van der Waals surface area contributed by atoms with E-state index in [9.17, 15) is 8.42 Å². The summed E-state index contributed by atoms with van der Waals surface area (Å²) >= 11 is 0. The Morgan fingerprint density at radius 1 is 1.13 bits per heavy atom. The van der Waals surface area contributed by atoms with Gasteiger partial charge in [0.15, 0.2) is 0 Å². The van der Waals surface area contributed by atoms with Gasteiger partial charge < -0.3 is 5.32 Å². The van der Waals surface area contributed by atoms with Crippen LogP contribution >= 0.6 is 0 Å². The molecule has 0 saturated carbocycles. The predicted octanol–water partition coefficient (Wildman–Crippen LogP) is 2.08. The molecule has 0 radical (unpaired) electrons. The summed E-state index contributed by atoms with van der Waals surface area (Å²) in [6.07, 6.45) is 1.77.